The average Bonchev–Trinajstić information content (AvgIpc) is 3.55. The maximum Gasteiger partial charge on any atom is 0.410 e. The molecule has 0 aromatic heterocycles. The summed E-state index contributed by atoms with van der Waals surface area (Å²) in [4.78, 5) is 29.4. The van der Waals surface area contributed by atoms with Gasteiger partial charge in [0.15, 0.2) is 0 Å². The lowest BCUT2D eigenvalue weighted by molar-refractivity contribution is -0.137. The average molecular weight is 388 g/mol. The van der Waals surface area contributed by atoms with E-state index in [-0.39, 0.29) is 36.6 Å². The van der Waals surface area contributed by atoms with Crippen molar-refractivity contribution in [1.82, 2.24) is 9.80 Å². The van der Waals surface area contributed by atoms with Gasteiger partial charge in [-0.15, -0.1) is 0 Å². The van der Waals surface area contributed by atoms with E-state index in [1.807, 2.05) is 54.0 Å². The van der Waals surface area contributed by atoms with Gasteiger partial charge >= 0.3 is 6.09 Å². The number of amides is 2. The normalized spacial score (nSPS) is 20.7. The molecule has 0 spiro atoms. The third-order valence-electron chi connectivity index (χ3n) is 5.75. The number of ether oxygens (including phenoxy) is 1. The molecule has 154 valence electrons. The molecular formula is C22H33N3O3. The number of carbonyl (C=O) groups is 2. The fourth-order valence-corrected chi connectivity index (χ4v) is 3.75. The van der Waals surface area contributed by atoms with Crippen LogP contribution in [0.5, 0.6) is 0 Å². The van der Waals surface area contributed by atoms with Crippen LogP contribution in [-0.4, -0.2) is 53.0 Å². The Morgan fingerprint density at radius 2 is 1.89 bits per heavy atom. The maximum absolute atomic E-state index is 12.9. The Kier molecular flexibility index (Phi) is 6.94. The second-order valence-corrected chi connectivity index (χ2v) is 8.37. The summed E-state index contributed by atoms with van der Waals surface area (Å²) in [6.45, 7) is 5.47. The number of likely N-dealkylation sites (tertiary alicyclic amines) is 1. The van der Waals surface area contributed by atoms with Gasteiger partial charge in [0, 0.05) is 25.2 Å². The molecule has 1 heterocycles. The van der Waals surface area contributed by atoms with E-state index in [0.29, 0.717) is 6.54 Å². The van der Waals surface area contributed by atoms with Crippen LogP contribution >= 0.6 is 0 Å². The molecule has 0 radical (unpaired) electrons. The van der Waals surface area contributed by atoms with Crippen molar-refractivity contribution in [3.05, 3.63) is 35.9 Å². The van der Waals surface area contributed by atoms with E-state index >= 15 is 0 Å². The second-order valence-electron chi connectivity index (χ2n) is 8.37. The standard InChI is InChI=1S/C22H33N3O3/c1-16(2)20(23)21(26)24-13-7-6-10-19(24)14-25(18-11-12-18)22(27)28-15-17-8-4-3-5-9-17/h3-5,8-9,16,18-20H,6-7,10-15,23H2,1-2H3/t19-,20+/m1/s1. The summed E-state index contributed by atoms with van der Waals surface area (Å²) < 4.78 is 5.57. The first-order chi connectivity index (χ1) is 13.5. The molecule has 1 aromatic carbocycles. The molecular weight excluding hydrogens is 354 g/mol. The minimum Gasteiger partial charge on any atom is -0.445 e. The van der Waals surface area contributed by atoms with Gasteiger partial charge in [-0.2, -0.15) is 0 Å². The molecule has 1 aliphatic carbocycles. The van der Waals surface area contributed by atoms with E-state index in [1.54, 1.807) is 0 Å². The van der Waals surface area contributed by atoms with Gasteiger partial charge in [-0.3, -0.25) is 4.79 Å². The van der Waals surface area contributed by atoms with Crippen molar-refractivity contribution >= 4 is 12.0 Å². The van der Waals surface area contributed by atoms with Gasteiger partial charge < -0.3 is 20.3 Å². The Bertz CT molecular complexity index is 660. The summed E-state index contributed by atoms with van der Waals surface area (Å²) in [6, 6.07) is 9.49. The van der Waals surface area contributed by atoms with Crippen LogP contribution < -0.4 is 5.73 Å². The largest absolute Gasteiger partial charge is 0.445 e. The Hall–Kier alpha value is -2.08. The smallest absolute Gasteiger partial charge is 0.410 e. The molecule has 2 amide bonds. The number of nitrogens with zero attached hydrogens (tertiary/aromatic N) is 2. The predicted octanol–water partition coefficient (Wildman–Crippen LogP) is 3.15. The summed E-state index contributed by atoms with van der Waals surface area (Å²) in [5, 5.41) is 0. The molecule has 2 fully saturated rings. The molecule has 6 heteroatoms. The molecule has 1 saturated heterocycles. The number of hydrogen-bond acceptors (Lipinski definition) is 4. The van der Waals surface area contributed by atoms with E-state index in [4.69, 9.17) is 10.5 Å². The number of nitrogens with two attached hydrogens (primary N) is 1. The molecule has 2 N–H and O–H groups in total. The fourth-order valence-electron chi connectivity index (χ4n) is 3.75. The zero-order chi connectivity index (χ0) is 20.1. The van der Waals surface area contributed by atoms with Crippen molar-refractivity contribution in [1.29, 1.82) is 0 Å². The Morgan fingerprint density at radius 1 is 1.18 bits per heavy atom. The van der Waals surface area contributed by atoms with Gasteiger partial charge in [0.1, 0.15) is 6.61 Å². The van der Waals surface area contributed by atoms with Crippen LogP contribution in [-0.2, 0) is 16.1 Å². The number of rotatable bonds is 7. The number of hydrogen-bond donors (Lipinski definition) is 1. The Morgan fingerprint density at radius 3 is 2.54 bits per heavy atom. The van der Waals surface area contributed by atoms with Gasteiger partial charge in [0.05, 0.1) is 6.04 Å². The first-order valence-corrected chi connectivity index (χ1v) is 10.5. The van der Waals surface area contributed by atoms with Crippen molar-refractivity contribution in [2.45, 2.75) is 70.7 Å². The van der Waals surface area contributed by atoms with Crippen LogP contribution in [0.15, 0.2) is 30.3 Å². The molecule has 1 aliphatic heterocycles. The first-order valence-electron chi connectivity index (χ1n) is 10.5. The SMILES string of the molecule is CC(C)[C@H](N)C(=O)N1CCCC[C@@H]1CN(C(=O)OCc1ccccc1)C1CC1. The summed E-state index contributed by atoms with van der Waals surface area (Å²) in [5.74, 6) is 0.110. The van der Waals surface area contributed by atoms with Crippen molar-refractivity contribution in [3.63, 3.8) is 0 Å². The third-order valence-corrected chi connectivity index (χ3v) is 5.75. The van der Waals surface area contributed by atoms with Crippen molar-refractivity contribution in [3.8, 4) is 0 Å². The molecule has 2 aliphatic rings. The molecule has 3 rings (SSSR count). The van der Waals surface area contributed by atoms with E-state index in [2.05, 4.69) is 0 Å². The first kappa shape index (κ1) is 20.6. The zero-order valence-electron chi connectivity index (χ0n) is 17.0. The minimum absolute atomic E-state index is 0.00750. The van der Waals surface area contributed by atoms with Crippen LogP contribution in [0.25, 0.3) is 0 Å². The molecule has 0 unspecified atom stereocenters. The molecule has 2 atom stereocenters. The van der Waals surface area contributed by atoms with Crippen LogP contribution in [0.2, 0.25) is 0 Å². The second kappa shape index (κ2) is 9.41. The third kappa shape index (κ3) is 5.25. The van der Waals surface area contributed by atoms with E-state index in [0.717, 1.165) is 44.2 Å². The van der Waals surface area contributed by atoms with Crippen LogP contribution in [0, 0.1) is 5.92 Å². The minimum atomic E-state index is -0.486. The fraction of sp³-hybridized carbons (Fsp3) is 0.636. The number of benzene rings is 1. The monoisotopic (exact) mass is 387 g/mol. The van der Waals surface area contributed by atoms with Crippen LogP contribution in [0.4, 0.5) is 4.79 Å². The quantitative estimate of drug-likeness (QED) is 0.780. The van der Waals surface area contributed by atoms with Crippen LogP contribution in [0.1, 0.15) is 51.5 Å². The van der Waals surface area contributed by atoms with E-state index in [1.165, 1.54) is 0 Å². The molecule has 1 saturated carbocycles. The molecule has 0 bridgehead atoms. The van der Waals surface area contributed by atoms with Gasteiger partial charge in [-0.05, 0) is 43.6 Å². The predicted molar refractivity (Wildman–Crippen MR) is 109 cm³/mol. The van der Waals surface area contributed by atoms with Crippen molar-refractivity contribution in [2.24, 2.45) is 11.7 Å². The molecule has 1 aromatic rings. The molecule has 28 heavy (non-hydrogen) atoms. The van der Waals surface area contributed by atoms with Gasteiger partial charge in [0.2, 0.25) is 5.91 Å². The van der Waals surface area contributed by atoms with E-state index < -0.39 is 6.04 Å². The topological polar surface area (TPSA) is 75.9 Å². The van der Waals surface area contributed by atoms with E-state index in [9.17, 15) is 9.59 Å². The zero-order valence-corrected chi connectivity index (χ0v) is 17.0. The lowest BCUT2D eigenvalue weighted by Gasteiger charge is -2.40. The lowest BCUT2D eigenvalue weighted by Crippen LogP contribution is -2.56. The highest BCUT2D eigenvalue weighted by atomic mass is 16.6. The van der Waals surface area contributed by atoms with Crippen molar-refractivity contribution in [2.75, 3.05) is 13.1 Å². The van der Waals surface area contributed by atoms with Gasteiger partial charge in [0.25, 0.3) is 0 Å². The summed E-state index contributed by atoms with van der Waals surface area (Å²) in [6.07, 6.45) is 4.71. The summed E-state index contributed by atoms with van der Waals surface area (Å²) in [5.41, 5.74) is 7.11. The lowest BCUT2D eigenvalue weighted by atomic mass is 9.97. The maximum atomic E-state index is 12.9. The summed E-state index contributed by atoms with van der Waals surface area (Å²) >= 11 is 0. The number of piperidine rings is 1. The highest BCUT2D eigenvalue weighted by Gasteiger charge is 2.38. The van der Waals surface area contributed by atoms with Crippen LogP contribution in [0.3, 0.4) is 0 Å². The highest BCUT2D eigenvalue weighted by Crippen LogP contribution is 2.30. The molecule has 6 nitrogen and oxygen atoms in total. The van der Waals surface area contributed by atoms with Gasteiger partial charge in [-0.25, -0.2) is 4.79 Å². The Labute approximate surface area is 168 Å². The number of carbonyl (C=O) groups excluding carboxylic acids is 2. The summed E-state index contributed by atoms with van der Waals surface area (Å²) in [7, 11) is 0. The Balaban J connectivity index is 1.63. The van der Waals surface area contributed by atoms with Crippen molar-refractivity contribution < 1.29 is 14.3 Å². The van der Waals surface area contributed by atoms with Gasteiger partial charge in [-0.1, -0.05) is 44.2 Å². The highest BCUT2D eigenvalue weighted by molar-refractivity contribution is 5.82.